The van der Waals surface area contributed by atoms with Crippen LogP contribution in [-0.2, 0) is 16.1 Å². The van der Waals surface area contributed by atoms with Gasteiger partial charge in [-0.2, -0.15) is 0 Å². The number of rotatable bonds is 5. The molecule has 0 bridgehead atoms. The van der Waals surface area contributed by atoms with Crippen LogP contribution < -0.4 is 5.32 Å². The molecule has 2 amide bonds. The topological polar surface area (TPSA) is 58.6 Å². The van der Waals surface area contributed by atoms with E-state index in [1.54, 1.807) is 24.0 Å². The molecular formula is C21H23FN2O3. The molecule has 1 N–H and O–H groups in total. The Bertz CT molecular complexity index is 780. The number of likely N-dealkylation sites (tertiary alicyclic amines) is 1. The SMILES string of the molecule is CC(NC(=O)OCc1ccccc1)C(=O)N1CCCC1c1ccc(F)cc1. The molecule has 5 nitrogen and oxygen atoms in total. The van der Waals surface area contributed by atoms with Gasteiger partial charge in [-0.25, -0.2) is 9.18 Å². The number of halogens is 1. The molecule has 2 unspecified atom stereocenters. The number of amides is 2. The first kappa shape index (κ1) is 18.9. The second-order valence-corrected chi connectivity index (χ2v) is 6.67. The lowest BCUT2D eigenvalue weighted by atomic mass is 10.0. The van der Waals surface area contributed by atoms with Gasteiger partial charge < -0.3 is 15.0 Å². The predicted octanol–water partition coefficient (Wildman–Crippen LogP) is 3.80. The summed E-state index contributed by atoms with van der Waals surface area (Å²) in [4.78, 5) is 26.5. The molecule has 1 fully saturated rings. The molecule has 6 heteroatoms. The average Bonchev–Trinajstić information content (AvgIpc) is 3.17. The van der Waals surface area contributed by atoms with Crippen molar-refractivity contribution in [1.82, 2.24) is 10.2 Å². The van der Waals surface area contributed by atoms with E-state index in [2.05, 4.69) is 5.32 Å². The Kier molecular flexibility index (Phi) is 6.06. The summed E-state index contributed by atoms with van der Waals surface area (Å²) >= 11 is 0. The molecule has 0 spiro atoms. The zero-order chi connectivity index (χ0) is 19.2. The molecule has 1 aliphatic rings. The summed E-state index contributed by atoms with van der Waals surface area (Å²) in [5, 5.41) is 2.60. The molecule has 1 aliphatic heterocycles. The van der Waals surface area contributed by atoms with Gasteiger partial charge in [0.2, 0.25) is 5.91 Å². The number of nitrogens with one attached hydrogen (secondary N) is 1. The maximum absolute atomic E-state index is 13.2. The fourth-order valence-corrected chi connectivity index (χ4v) is 3.31. The molecule has 0 saturated carbocycles. The van der Waals surface area contributed by atoms with E-state index in [-0.39, 0.29) is 24.4 Å². The van der Waals surface area contributed by atoms with Gasteiger partial charge in [0, 0.05) is 6.54 Å². The van der Waals surface area contributed by atoms with Crippen molar-refractivity contribution in [3.05, 3.63) is 71.5 Å². The Balaban J connectivity index is 1.55. The van der Waals surface area contributed by atoms with Crippen LogP contribution in [0.2, 0.25) is 0 Å². The minimum absolute atomic E-state index is 0.0947. The molecule has 0 aliphatic carbocycles. The minimum atomic E-state index is -0.700. The number of nitrogens with zero attached hydrogens (tertiary/aromatic N) is 1. The minimum Gasteiger partial charge on any atom is -0.445 e. The summed E-state index contributed by atoms with van der Waals surface area (Å²) in [6, 6.07) is 14.8. The van der Waals surface area contributed by atoms with Crippen molar-refractivity contribution in [3.63, 3.8) is 0 Å². The van der Waals surface area contributed by atoms with Crippen molar-refractivity contribution < 1.29 is 18.7 Å². The van der Waals surface area contributed by atoms with Crippen LogP contribution in [0.4, 0.5) is 9.18 Å². The second kappa shape index (κ2) is 8.66. The zero-order valence-electron chi connectivity index (χ0n) is 15.2. The van der Waals surface area contributed by atoms with E-state index in [1.165, 1.54) is 12.1 Å². The Morgan fingerprint density at radius 3 is 2.59 bits per heavy atom. The quantitative estimate of drug-likeness (QED) is 0.871. The first-order valence-corrected chi connectivity index (χ1v) is 9.08. The summed E-state index contributed by atoms with van der Waals surface area (Å²) in [5.74, 6) is -0.468. The van der Waals surface area contributed by atoms with E-state index in [4.69, 9.17) is 4.74 Å². The molecule has 27 heavy (non-hydrogen) atoms. The summed E-state index contributed by atoms with van der Waals surface area (Å²) in [7, 11) is 0. The normalized spacial score (nSPS) is 17.4. The van der Waals surface area contributed by atoms with E-state index in [9.17, 15) is 14.0 Å². The third-order valence-electron chi connectivity index (χ3n) is 4.71. The van der Waals surface area contributed by atoms with Crippen molar-refractivity contribution in [2.75, 3.05) is 6.54 Å². The second-order valence-electron chi connectivity index (χ2n) is 6.67. The highest BCUT2D eigenvalue weighted by atomic mass is 19.1. The van der Waals surface area contributed by atoms with Crippen LogP contribution in [0.5, 0.6) is 0 Å². The van der Waals surface area contributed by atoms with Crippen LogP contribution in [0.1, 0.15) is 36.9 Å². The summed E-state index contributed by atoms with van der Waals surface area (Å²) in [5.41, 5.74) is 1.78. The largest absolute Gasteiger partial charge is 0.445 e. The number of ether oxygens (including phenoxy) is 1. The molecule has 2 aromatic rings. The van der Waals surface area contributed by atoms with Gasteiger partial charge >= 0.3 is 6.09 Å². The molecule has 0 radical (unpaired) electrons. The lowest BCUT2D eigenvalue weighted by Gasteiger charge is -2.28. The molecule has 1 saturated heterocycles. The van der Waals surface area contributed by atoms with Gasteiger partial charge in [-0.3, -0.25) is 4.79 Å². The number of hydrogen-bond donors (Lipinski definition) is 1. The Labute approximate surface area is 158 Å². The number of hydrogen-bond acceptors (Lipinski definition) is 3. The molecule has 3 rings (SSSR count). The van der Waals surface area contributed by atoms with Crippen LogP contribution in [0.25, 0.3) is 0 Å². The van der Waals surface area contributed by atoms with Crippen molar-refractivity contribution in [1.29, 1.82) is 0 Å². The van der Waals surface area contributed by atoms with Gasteiger partial charge in [-0.15, -0.1) is 0 Å². The fourth-order valence-electron chi connectivity index (χ4n) is 3.31. The van der Waals surface area contributed by atoms with Gasteiger partial charge in [0.25, 0.3) is 0 Å². The predicted molar refractivity (Wildman–Crippen MR) is 99.3 cm³/mol. The van der Waals surface area contributed by atoms with E-state index in [0.29, 0.717) is 6.54 Å². The lowest BCUT2D eigenvalue weighted by molar-refractivity contribution is -0.133. The van der Waals surface area contributed by atoms with Crippen molar-refractivity contribution in [2.24, 2.45) is 0 Å². The first-order chi connectivity index (χ1) is 13.0. The number of alkyl carbamates (subject to hydrolysis) is 1. The molecule has 2 aromatic carbocycles. The van der Waals surface area contributed by atoms with Gasteiger partial charge in [0.1, 0.15) is 18.5 Å². The number of carbonyl (C=O) groups is 2. The highest BCUT2D eigenvalue weighted by Crippen LogP contribution is 2.32. The Hall–Kier alpha value is -2.89. The zero-order valence-corrected chi connectivity index (χ0v) is 15.2. The van der Waals surface area contributed by atoms with Gasteiger partial charge in [-0.05, 0) is 43.0 Å². The van der Waals surface area contributed by atoms with Crippen molar-refractivity contribution in [2.45, 2.75) is 38.5 Å². The van der Waals surface area contributed by atoms with Gasteiger partial charge in [0.15, 0.2) is 0 Å². The van der Waals surface area contributed by atoms with Gasteiger partial charge in [0.05, 0.1) is 6.04 Å². The molecular weight excluding hydrogens is 347 g/mol. The molecule has 142 valence electrons. The van der Waals surface area contributed by atoms with E-state index < -0.39 is 12.1 Å². The van der Waals surface area contributed by atoms with E-state index >= 15 is 0 Å². The third-order valence-corrected chi connectivity index (χ3v) is 4.71. The van der Waals surface area contributed by atoms with E-state index in [1.807, 2.05) is 30.3 Å². The van der Waals surface area contributed by atoms with Crippen LogP contribution in [-0.4, -0.2) is 29.5 Å². The fraction of sp³-hybridized carbons (Fsp3) is 0.333. The summed E-state index contributed by atoms with van der Waals surface area (Å²) in [6.45, 7) is 2.41. The average molecular weight is 370 g/mol. The highest BCUT2D eigenvalue weighted by Gasteiger charge is 2.33. The van der Waals surface area contributed by atoms with E-state index in [0.717, 1.165) is 24.0 Å². The number of carbonyl (C=O) groups excluding carboxylic acids is 2. The van der Waals surface area contributed by atoms with Crippen LogP contribution >= 0.6 is 0 Å². The Morgan fingerprint density at radius 1 is 1.19 bits per heavy atom. The van der Waals surface area contributed by atoms with Crippen molar-refractivity contribution >= 4 is 12.0 Å². The summed E-state index contributed by atoms with van der Waals surface area (Å²) < 4.78 is 18.3. The molecule has 2 atom stereocenters. The standard InChI is InChI=1S/C21H23FN2O3/c1-15(23-21(26)27-14-16-6-3-2-4-7-16)20(25)24-13-5-8-19(24)17-9-11-18(22)12-10-17/h2-4,6-7,9-12,15,19H,5,8,13-14H2,1H3,(H,23,26). The smallest absolute Gasteiger partial charge is 0.408 e. The van der Waals surface area contributed by atoms with Crippen LogP contribution in [0.15, 0.2) is 54.6 Å². The lowest BCUT2D eigenvalue weighted by Crippen LogP contribution is -2.46. The third kappa shape index (κ3) is 4.84. The summed E-state index contributed by atoms with van der Waals surface area (Å²) in [6.07, 6.45) is 1.07. The molecule has 1 heterocycles. The monoisotopic (exact) mass is 370 g/mol. The highest BCUT2D eigenvalue weighted by molar-refractivity contribution is 5.85. The number of benzene rings is 2. The maximum Gasteiger partial charge on any atom is 0.408 e. The maximum atomic E-state index is 13.2. The Morgan fingerprint density at radius 2 is 1.89 bits per heavy atom. The van der Waals surface area contributed by atoms with Crippen LogP contribution in [0.3, 0.4) is 0 Å². The molecule has 0 aromatic heterocycles. The first-order valence-electron chi connectivity index (χ1n) is 9.08. The van der Waals surface area contributed by atoms with Crippen molar-refractivity contribution in [3.8, 4) is 0 Å². The van der Waals surface area contributed by atoms with Crippen LogP contribution in [0, 0.1) is 5.82 Å². The van der Waals surface area contributed by atoms with Gasteiger partial charge in [-0.1, -0.05) is 42.5 Å².